The molecule has 1 aromatic carbocycles. The Morgan fingerprint density at radius 1 is 1.50 bits per heavy atom. The van der Waals surface area contributed by atoms with Crippen molar-refractivity contribution in [2.45, 2.75) is 31.3 Å². The van der Waals surface area contributed by atoms with Gasteiger partial charge in [-0.15, -0.1) is 0 Å². The fourth-order valence-electron chi connectivity index (χ4n) is 2.38. The molecule has 0 aromatic heterocycles. The minimum absolute atomic E-state index is 0.159. The van der Waals surface area contributed by atoms with Crippen LogP contribution in [0.4, 0.5) is 4.39 Å². The molecular weight excluding hydrogens is 211 g/mol. The van der Waals surface area contributed by atoms with Gasteiger partial charge in [-0.05, 0) is 37.0 Å². The molecule has 1 saturated carbocycles. The summed E-state index contributed by atoms with van der Waals surface area (Å²) in [6, 6.07) is 4.44. The van der Waals surface area contributed by atoms with Gasteiger partial charge < -0.3 is 10.2 Å². The lowest BCUT2D eigenvalue weighted by Gasteiger charge is -2.42. The van der Waals surface area contributed by atoms with E-state index in [0.717, 1.165) is 0 Å². The van der Waals surface area contributed by atoms with Crippen molar-refractivity contribution in [1.82, 2.24) is 0 Å². The molecule has 2 rings (SSSR count). The van der Waals surface area contributed by atoms with Crippen molar-refractivity contribution >= 4 is 5.97 Å². The Hall–Kier alpha value is -1.42. The summed E-state index contributed by atoms with van der Waals surface area (Å²) in [6.07, 6.45) is -0.280. The first-order chi connectivity index (χ1) is 7.47. The van der Waals surface area contributed by atoms with Crippen molar-refractivity contribution in [3.63, 3.8) is 0 Å². The summed E-state index contributed by atoms with van der Waals surface area (Å²) in [5.41, 5.74) is -0.270. The minimum atomic E-state index is -1.11. The van der Waals surface area contributed by atoms with Crippen LogP contribution in [0.3, 0.4) is 0 Å². The molecule has 0 spiro atoms. The van der Waals surface area contributed by atoms with Crippen molar-refractivity contribution in [3.05, 3.63) is 35.1 Å². The van der Waals surface area contributed by atoms with Gasteiger partial charge in [0.1, 0.15) is 5.82 Å². The predicted octanol–water partition coefficient (Wildman–Crippen LogP) is 1.61. The van der Waals surface area contributed by atoms with E-state index in [-0.39, 0.29) is 12.8 Å². The molecule has 0 bridgehead atoms. The third kappa shape index (κ3) is 1.41. The van der Waals surface area contributed by atoms with Crippen LogP contribution in [-0.2, 0) is 10.2 Å². The quantitative estimate of drug-likeness (QED) is 0.802. The van der Waals surface area contributed by atoms with E-state index in [1.165, 1.54) is 12.1 Å². The van der Waals surface area contributed by atoms with Gasteiger partial charge in [0.15, 0.2) is 0 Å². The van der Waals surface area contributed by atoms with Crippen LogP contribution in [0.2, 0.25) is 0 Å². The second kappa shape index (κ2) is 3.56. The molecule has 1 aliphatic rings. The molecule has 0 heterocycles. The Morgan fingerprint density at radius 3 is 2.62 bits per heavy atom. The number of benzene rings is 1. The Labute approximate surface area is 92.5 Å². The molecule has 0 aliphatic heterocycles. The molecule has 1 aliphatic carbocycles. The van der Waals surface area contributed by atoms with E-state index in [1.54, 1.807) is 13.0 Å². The van der Waals surface area contributed by atoms with Crippen molar-refractivity contribution in [2.24, 2.45) is 0 Å². The topological polar surface area (TPSA) is 57.5 Å². The number of carboxylic acid groups (broad SMARTS) is 1. The van der Waals surface area contributed by atoms with Crippen LogP contribution in [0.5, 0.6) is 0 Å². The second-order valence-electron chi connectivity index (χ2n) is 4.36. The summed E-state index contributed by atoms with van der Waals surface area (Å²) in [4.78, 5) is 11.3. The minimum Gasteiger partial charge on any atom is -0.481 e. The fraction of sp³-hybridized carbons (Fsp3) is 0.417. The lowest BCUT2D eigenvalue weighted by molar-refractivity contribution is -0.153. The molecule has 3 nitrogen and oxygen atoms in total. The first-order valence-corrected chi connectivity index (χ1v) is 5.14. The molecule has 2 N–H and O–H groups in total. The molecule has 4 heteroatoms. The van der Waals surface area contributed by atoms with Gasteiger partial charge in [-0.25, -0.2) is 4.39 Å². The van der Waals surface area contributed by atoms with Crippen molar-refractivity contribution in [1.29, 1.82) is 0 Å². The first kappa shape index (κ1) is 11.1. The summed E-state index contributed by atoms with van der Waals surface area (Å²) in [5, 5.41) is 18.5. The highest BCUT2D eigenvalue weighted by Gasteiger charge is 2.52. The summed E-state index contributed by atoms with van der Waals surface area (Å²) >= 11 is 0. The number of aliphatic carboxylic acids is 1. The van der Waals surface area contributed by atoms with Crippen LogP contribution in [0.1, 0.15) is 24.0 Å². The molecule has 0 saturated heterocycles. The van der Waals surface area contributed by atoms with Crippen molar-refractivity contribution in [2.75, 3.05) is 0 Å². The second-order valence-corrected chi connectivity index (χ2v) is 4.36. The summed E-state index contributed by atoms with van der Waals surface area (Å²) in [7, 11) is 0. The molecule has 1 aromatic rings. The van der Waals surface area contributed by atoms with Gasteiger partial charge in [0.05, 0.1) is 11.5 Å². The molecule has 16 heavy (non-hydrogen) atoms. The number of carbonyl (C=O) groups is 1. The van der Waals surface area contributed by atoms with E-state index in [2.05, 4.69) is 0 Å². The zero-order valence-corrected chi connectivity index (χ0v) is 8.90. The van der Waals surface area contributed by atoms with E-state index in [4.69, 9.17) is 0 Å². The van der Waals surface area contributed by atoms with Crippen LogP contribution in [0, 0.1) is 12.7 Å². The van der Waals surface area contributed by atoms with Crippen LogP contribution >= 0.6 is 0 Å². The highest BCUT2D eigenvalue weighted by molar-refractivity contribution is 5.83. The van der Waals surface area contributed by atoms with Gasteiger partial charge in [0.25, 0.3) is 0 Å². The summed E-state index contributed by atoms with van der Waals surface area (Å²) in [6.45, 7) is 1.57. The molecule has 0 unspecified atom stereocenters. The van der Waals surface area contributed by atoms with Gasteiger partial charge >= 0.3 is 5.97 Å². The van der Waals surface area contributed by atoms with E-state index < -0.39 is 23.3 Å². The summed E-state index contributed by atoms with van der Waals surface area (Å²) in [5.74, 6) is -1.40. The molecule has 0 atom stereocenters. The van der Waals surface area contributed by atoms with Crippen LogP contribution in [-0.4, -0.2) is 22.3 Å². The lowest BCUT2D eigenvalue weighted by Crippen LogP contribution is -2.51. The average molecular weight is 224 g/mol. The third-order valence-electron chi connectivity index (χ3n) is 3.36. The SMILES string of the molecule is Cc1c(F)cccc1C1(C(=O)O)CC(O)C1. The zero-order valence-electron chi connectivity index (χ0n) is 8.90. The highest BCUT2D eigenvalue weighted by atomic mass is 19.1. The van der Waals surface area contributed by atoms with E-state index in [0.29, 0.717) is 11.1 Å². The summed E-state index contributed by atoms with van der Waals surface area (Å²) < 4.78 is 13.4. The Kier molecular flexibility index (Phi) is 2.46. The van der Waals surface area contributed by atoms with Gasteiger partial charge in [-0.3, -0.25) is 4.79 Å². The number of carboxylic acids is 1. The number of aliphatic hydroxyl groups is 1. The Morgan fingerprint density at radius 2 is 2.12 bits per heavy atom. The predicted molar refractivity (Wildman–Crippen MR) is 55.7 cm³/mol. The van der Waals surface area contributed by atoms with Crippen LogP contribution < -0.4 is 0 Å². The normalized spacial score (nSPS) is 28.6. The van der Waals surface area contributed by atoms with Crippen LogP contribution in [0.15, 0.2) is 18.2 Å². The van der Waals surface area contributed by atoms with Gasteiger partial charge in [-0.1, -0.05) is 12.1 Å². The highest BCUT2D eigenvalue weighted by Crippen LogP contribution is 2.45. The van der Waals surface area contributed by atoms with Crippen molar-refractivity contribution in [3.8, 4) is 0 Å². The maximum Gasteiger partial charge on any atom is 0.314 e. The van der Waals surface area contributed by atoms with Gasteiger partial charge in [0, 0.05) is 0 Å². The zero-order chi connectivity index (χ0) is 11.9. The first-order valence-electron chi connectivity index (χ1n) is 5.14. The maximum absolute atomic E-state index is 13.4. The standard InChI is InChI=1S/C12H13FO3/c1-7-9(3-2-4-10(7)13)12(11(15)16)5-8(14)6-12/h2-4,8,14H,5-6H2,1H3,(H,15,16). The number of hydrogen-bond acceptors (Lipinski definition) is 2. The largest absolute Gasteiger partial charge is 0.481 e. The molecular formula is C12H13FO3. The van der Waals surface area contributed by atoms with Gasteiger partial charge in [0.2, 0.25) is 0 Å². The Balaban J connectivity index is 2.49. The van der Waals surface area contributed by atoms with Crippen molar-refractivity contribution < 1.29 is 19.4 Å². The lowest BCUT2D eigenvalue weighted by atomic mass is 9.62. The van der Waals surface area contributed by atoms with Crippen LogP contribution in [0.25, 0.3) is 0 Å². The van der Waals surface area contributed by atoms with Gasteiger partial charge in [-0.2, -0.15) is 0 Å². The smallest absolute Gasteiger partial charge is 0.314 e. The number of rotatable bonds is 2. The molecule has 0 radical (unpaired) electrons. The molecule has 0 amide bonds. The molecule has 86 valence electrons. The molecule has 1 fully saturated rings. The maximum atomic E-state index is 13.4. The number of hydrogen-bond donors (Lipinski definition) is 2. The van der Waals surface area contributed by atoms with E-state index in [9.17, 15) is 19.4 Å². The number of aliphatic hydroxyl groups excluding tert-OH is 1. The third-order valence-corrected chi connectivity index (χ3v) is 3.36. The monoisotopic (exact) mass is 224 g/mol. The number of halogens is 1. The van der Waals surface area contributed by atoms with E-state index >= 15 is 0 Å². The fourth-order valence-corrected chi connectivity index (χ4v) is 2.38. The van der Waals surface area contributed by atoms with E-state index in [1.807, 2.05) is 0 Å². The average Bonchev–Trinajstić information content (AvgIpc) is 2.17. The Bertz CT molecular complexity index is 436.